The van der Waals surface area contributed by atoms with Gasteiger partial charge in [0.25, 0.3) is 0 Å². The number of ether oxygens (including phenoxy) is 3. The molecule has 6 unspecified atom stereocenters. The largest absolute Gasteiger partial charge is 0.461 e. The zero-order valence-electron chi connectivity index (χ0n) is 16.9. The molecular weight excluding hydrogens is 360 g/mol. The fourth-order valence-corrected chi connectivity index (χ4v) is 7.60. The number of carbonyl (C=O) groups excluding carboxylic acids is 2. The monoisotopic (exact) mass is 390 g/mol. The van der Waals surface area contributed by atoms with E-state index in [-0.39, 0.29) is 29.0 Å². The van der Waals surface area contributed by atoms with Gasteiger partial charge in [-0.3, -0.25) is 9.59 Å². The first-order valence-electron chi connectivity index (χ1n) is 10.6. The van der Waals surface area contributed by atoms with Gasteiger partial charge in [0.05, 0.1) is 5.41 Å². The maximum absolute atomic E-state index is 13.3. The van der Waals surface area contributed by atoms with E-state index in [4.69, 9.17) is 14.2 Å². The number of Topliss-reactive ketones (excluding diaryl/α,β-unsaturated/α-hetero) is 1. The first-order chi connectivity index (χ1) is 13.2. The molecule has 6 heteroatoms. The summed E-state index contributed by atoms with van der Waals surface area (Å²) in [6, 6.07) is 0. The molecule has 1 N–H and O–H groups in total. The summed E-state index contributed by atoms with van der Waals surface area (Å²) in [5.41, 5.74) is -1.65. The van der Waals surface area contributed by atoms with Crippen LogP contribution >= 0.6 is 0 Å². The number of hydrogen-bond donors (Lipinski definition) is 1. The molecule has 0 radical (unpaired) electrons. The Kier molecular flexibility index (Phi) is 3.80. The number of hydrogen-bond acceptors (Lipinski definition) is 6. The zero-order valence-corrected chi connectivity index (χ0v) is 16.9. The molecule has 2 saturated heterocycles. The standard InChI is InChI=1S/C22H30O6/c1-5-26-17-15-20(3,4)9-8-14-22(15,19(25)28-17)13-7-6-12-10-21(13,18(24)27-14)16(23)11(12)2/h12-15,17,19,25H,2,5-10H2,1,3-4H3/t12?,13-,14?,15-,17?,19?,21?,22?/m1/s1. The lowest BCUT2D eigenvalue weighted by atomic mass is 9.43. The summed E-state index contributed by atoms with van der Waals surface area (Å²) in [6.45, 7) is 10.7. The average Bonchev–Trinajstić information content (AvgIpc) is 3.04. The number of fused-ring (bicyclic) bond motifs is 1. The summed E-state index contributed by atoms with van der Waals surface area (Å²) in [4.78, 5) is 26.6. The van der Waals surface area contributed by atoms with Gasteiger partial charge in [0.2, 0.25) is 0 Å². The van der Waals surface area contributed by atoms with E-state index in [0.717, 1.165) is 12.8 Å². The maximum atomic E-state index is 13.3. The molecule has 2 aliphatic heterocycles. The summed E-state index contributed by atoms with van der Waals surface area (Å²) in [5, 5.41) is 11.3. The van der Waals surface area contributed by atoms with Crippen LogP contribution in [0.25, 0.3) is 0 Å². The highest BCUT2D eigenvalue weighted by Crippen LogP contribution is 2.72. The van der Waals surface area contributed by atoms with Crippen molar-refractivity contribution in [3.63, 3.8) is 0 Å². The van der Waals surface area contributed by atoms with Crippen molar-refractivity contribution < 1.29 is 28.9 Å². The highest BCUT2D eigenvalue weighted by molar-refractivity contribution is 6.15. The van der Waals surface area contributed by atoms with Crippen molar-refractivity contribution in [2.75, 3.05) is 6.61 Å². The van der Waals surface area contributed by atoms with E-state index in [1.165, 1.54) is 0 Å². The second-order valence-electron chi connectivity index (χ2n) is 10.1. The number of rotatable bonds is 2. The minimum Gasteiger partial charge on any atom is -0.461 e. The molecule has 8 atom stereocenters. The van der Waals surface area contributed by atoms with Crippen LogP contribution in [-0.4, -0.2) is 42.1 Å². The summed E-state index contributed by atoms with van der Waals surface area (Å²) < 4.78 is 17.9. The van der Waals surface area contributed by atoms with Gasteiger partial charge in [-0.25, -0.2) is 0 Å². The molecule has 0 amide bonds. The van der Waals surface area contributed by atoms with Crippen LogP contribution in [0.5, 0.6) is 0 Å². The molecule has 6 nitrogen and oxygen atoms in total. The van der Waals surface area contributed by atoms with Crippen LogP contribution in [0.2, 0.25) is 0 Å². The van der Waals surface area contributed by atoms with E-state index < -0.39 is 35.5 Å². The zero-order chi connectivity index (χ0) is 20.1. The molecule has 3 saturated carbocycles. The van der Waals surface area contributed by atoms with E-state index >= 15 is 0 Å². The van der Waals surface area contributed by atoms with Crippen LogP contribution in [0, 0.1) is 34.0 Å². The highest BCUT2D eigenvalue weighted by atomic mass is 16.7. The number of carbonyl (C=O) groups is 2. The lowest BCUT2D eigenvalue weighted by Gasteiger charge is -2.62. The maximum Gasteiger partial charge on any atom is 0.320 e. The molecule has 0 aromatic heterocycles. The van der Waals surface area contributed by atoms with Crippen molar-refractivity contribution in [1.29, 1.82) is 0 Å². The Hall–Kier alpha value is -1.24. The molecule has 0 aromatic rings. The van der Waals surface area contributed by atoms with Gasteiger partial charge < -0.3 is 19.3 Å². The Morgan fingerprint density at radius 3 is 2.71 bits per heavy atom. The van der Waals surface area contributed by atoms with E-state index in [2.05, 4.69) is 20.4 Å². The summed E-state index contributed by atoms with van der Waals surface area (Å²) >= 11 is 0. The van der Waals surface area contributed by atoms with Gasteiger partial charge in [0.15, 0.2) is 18.4 Å². The third-order valence-corrected chi connectivity index (χ3v) is 8.66. The molecule has 5 aliphatic rings. The second-order valence-corrected chi connectivity index (χ2v) is 10.1. The lowest BCUT2D eigenvalue weighted by Crippen LogP contribution is -2.70. The van der Waals surface area contributed by atoms with Crippen molar-refractivity contribution in [1.82, 2.24) is 0 Å². The van der Waals surface area contributed by atoms with Gasteiger partial charge in [-0.2, -0.15) is 0 Å². The Morgan fingerprint density at radius 1 is 1.25 bits per heavy atom. The second kappa shape index (κ2) is 5.67. The smallest absolute Gasteiger partial charge is 0.320 e. The van der Waals surface area contributed by atoms with Crippen LogP contribution < -0.4 is 0 Å². The predicted octanol–water partition coefficient (Wildman–Crippen LogP) is 2.59. The van der Waals surface area contributed by atoms with Gasteiger partial charge in [-0.05, 0) is 61.9 Å². The molecular formula is C22H30O6. The number of aliphatic hydroxyl groups excluding tert-OH is 1. The molecule has 3 aliphatic carbocycles. The fraction of sp³-hybridized carbons (Fsp3) is 0.818. The van der Waals surface area contributed by atoms with Gasteiger partial charge in [-0.15, -0.1) is 0 Å². The normalized spacial score (nSPS) is 51.4. The minimum absolute atomic E-state index is 0.0430. The molecule has 2 heterocycles. The van der Waals surface area contributed by atoms with Gasteiger partial charge in [-0.1, -0.05) is 20.4 Å². The summed E-state index contributed by atoms with van der Waals surface area (Å²) in [5.74, 6) is -0.998. The summed E-state index contributed by atoms with van der Waals surface area (Å²) in [6.07, 6.45) is 1.36. The van der Waals surface area contributed by atoms with Gasteiger partial charge in [0, 0.05) is 12.5 Å². The van der Waals surface area contributed by atoms with Crippen molar-refractivity contribution in [2.45, 2.75) is 71.6 Å². The van der Waals surface area contributed by atoms with E-state index in [1.54, 1.807) is 0 Å². The van der Waals surface area contributed by atoms with Gasteiger partial charge in [0.1, 0.15) is 11.5 Å². The van der Waals surface area contributed by atoms with E-state index in [9.17, 15) is 14.7 Å². The molecule has 2 spiro atoms. The Labute approximate surface area is 165 Å². The number of esters is 1. The molecule has 2 bridgehead atoms. The Morgan fingerprint density at radius 2 is 2.00 bits per heavy atom. The van der Waals surface area contributed by atoms with Crippen LogP contribution in [0.4, 0.5) is 0 Å². The third kappa shape index (κ3) is 1.90. The van der Waals surface area contributed by atoms with Gasteiger partial charge >= 0.3 is 5.97 Å². The minimum atomic E-state index is -1.21. The Balaban J connectivity index is 1.72. The molecule has 5 rings (SSSR count). The number of ketones is 1. The van der Waals surface area contributed by atoms with Crippen LogP contribution in [0.1, 0.15) is 52.9 Å². The van der Waals surface area contributed by atoms with Crippen molar-refractivity contribution in [2.24, 2.45) is 34.0 Å². The third-order valence-electron chi connectivity index (χ3n) is 8.66. The van der Waals surface area contributed by atoms with Crippen LogP contribution in [-0.2, 0) is 23.8 Å². The quantitative estimate of drug-likeness (QED) is 0.443. The molecule has 0 aromatic carbocycles. The summed E-state index contributed by atoms with van der Waals surface area (Å²) in [7, 11) is 0. The first-order valence-corrected chi connectivity index (χ1v) is 10.6. The number of allylic oxidation sites excluding steroid dienone is 1. The molecule has 5 fully saturated rings. The fourth-order valence-electron chi connectivity index (χ4n) is 7.60. The predicted molar refractivity (Wildman–Crippen MR) is 98.7 cm³/mol. The van der Waals surface area contributed by atoms with E-state index in [0.29, 0.717) is 31.4 Å². The topological polar surface area (TPSA) is 82.1 Å². The average molecular weight is 390 g/mol. The van der Waals surface area contributed by atoms with Crippen molar-refractivity contribution in [3.8, 4) is 0 Å². The van der Waals surface area contributed by atoms with E-state index in [1.807, 2.05) is 6.92 Å². The first kappa shape index (κ1) is 18.8. The van der Waals surface area contributed by atoms with Crippen LogP contribution in [0.3, 0.4) is 0 Å². The SMILES string of the molecule is C=C1C(=O)C23CC1CC[C@H]2C12C(O)OC(OCC)[C@@H]1C(C)(C)CCC2OC3=O. The number of aliphatic hydroxyl groups is 1. The van der Waals surface area contributed by atoms with Crippen molar-refractivity contribution in [3.05, 3.63) is 12.2 Å². The lowest BCUT2D eigenvalue weighted by molar-refractivity contribution is -0.268. The highest BCUT2D eigenvalue weighted by Gasteiger charge is 2.80. The molecule has 28 heavy (non-hydrogen) atoms. The Bertz CT molecular complexity index is 758. The molecule has 154 valence electrons. The van der Waals surface area contributed by atoms with Crippen LogP contribution in [0.15, 0.2) is 12.2 Å². The van der Waals surface area contributed by atoms with Crippen molar-refractivity contribution >= 4 is 11.8 Å².